The van der Waals surface area contributed by atoms with Crippen molar-refractivity contribution in [2.45, 2.75) is 44.8 Å². The number of nitrogens with two attached hydrogens (primary N) is 1. The molecule has 1 fully saturated rings. The van der Waals surface area contributed by atoms with Crippen molar-refractivity contribution in [3.05, 3.63) is 35.4 Å². The molecule has 21 heavy (non-hydrogen) atoms. The first-order valence-corrected chi connectivity index (χ1v) is 7.70. The maximum absolute atomic E-state index is 12.7. The predicted molar refractivity (Wildman–Crippen MR) is 84.4 cm³/mol. The average molecular weight is 290 g/mol. The topological polar surface area (TPSA) is 55.6 Å². The number of hydrogen-bond acceptors (Lipinski definition) is 3. The number of carbonyl (C=O) groups excluding carboxylic acids is 1. The smallest absolute Gasteiger partial charge is 0.254 e. The Morgan fingerprint density at radius 2 is 2.05 bits per heavy atom. The second-order valence-corrected chi connectivity index (χ2v) is 6.05. The summed E-state index contributed by atoms with van der Waals surface area (Å²) in [5.41, 5.74) is 7.84. The summed E-state index contributed by atoms with van der Waals surface area (Å²) in [7, 11) is 1.72. The first kappa shape index (κ1) is 16.0. The highest BCUT2D eigenvalue weighted by Gasteiger charge is 2.31. The van der Waals surface area contributed by atoms with Crippen molar-refractivity contribution in [3.8, 4) is 0 Å². The third-order valence-electron chi connectivity index (χ3n) is 4.36. The predicted octanol–water partition coefficient (Wildman–Crippen LogP) is 2.39. The summed E-state index contributed by atoms with van der Waals surface area (Å²) in [5, 5.41) is 0. The monoisotopic (exact) mass is 290 g/mol. The van der Waals surface area contributed by atoms with Crippen LogP contribution in [-0.2, 0) is 4.74 Å². The van der Waals surface area contributed by atoms with E-state index in [1.54, 1.807) is 7.11 Å². The second kappa shape index (κ2) is 7.05. The van der Waals surface area contributed by atoms with Gasteiger partial charge in [0, 0.05) is 31.8 Å². The summed E-state index contributed by atoms with van der Waals surface area (Å²) < 4.78 is 5.41. The number of piperidine rings is 1. The summed E-state index contributed by atoms with van der Waals surface area (Å²) in [6.45, 7) is 5.49. The van der Waals surface area contributed by atoms with Gasteiger partial charge >= 0.3 is 0 Å². The fourth-order valence-electron chi connectivity index (χ4n) is 2.90. The standard InChI is InChI=1S/C17H26N2O2/c1-12(2)13-4-6-14(7-5-13)17(20)19-9-8-16(21-3)10-15(19)11-18/h4-7,12,15-16H,8-11,18H2,1-3H3. The van der Waals surface area contributed by atoms with E-state index in [2.05, 4.69) is 13.8 Å². The molecule has 0 aliphatic carbocycles. The van der Waals surface area contributed by atoms with Gasteiger partial charge in [-0.3, -0.25) is 4.79 Å². The summed E-state index contributed by atoms with van der Waals surface area (Å²) >= 11 is 0. The van der Waals surface area contributed by atoms with Crippen LogP contribution in [0.25, 0.3) is 0 Å². The van der Waals surface area contributed by atoms with Gasteiger partial charge in [0.2, 0.25) is 0 Å². The van der Waals surface area contributed by atoms with Gasteiger partial charge in [-0.25, -0.2) is 0 Å². The molecule has 2 unspecified atom stereocenters. The van der Waals surface area contributed by atoms with Gasteiger partial charge in [0.05, 0.1) is 6.10 Å². The molecule has 0 radical (unpaired) electrons. The lowest BCUT2D eigenvalue weighted by Crippen LogP contribution is -2.51. The number of hydrogen-bond donors (Lipinski definition) is 1. The van der Waals surface area contributed by atoms with Gasteiger partial charge in [-0.1, -0.05) is 26.0 Å². The molecule has 0 saturated carbocycles. The van der Waals surface area contributed by atoms with Crippen molar-refractivity contribution in [2.24, 2.45) is 5.73 Å². The molecule has 1 saturated heterocycles. The van der Waals surface area contributed by atoms with E-state index in [4.69, 9.17) is 10.5 Å². The molecular weight excluding hydrogens is 264 g/mol. The fraction of sp³-hybridized carbons (Fsp3) is 0.588. The second-order valence-electron chi connectivity index (χ2n) is 6.05. The lowest BCUT2D eigenvalue weighted by Gasteiger charge is -2.38. The Morgan fingerprint density at radius 1 is 1.38 bits per heavy atom. The number of benzene rings is 1. The molecule has 0 aromatic heterocycles. The van der Waals surface area contributed by atoms with Crippen LogP contribution in [0.15, 0.2) is 24.3 Å². The summed E-state index contributed by atoms with van der Waals surface area (Å²) in [6.07, 6.45) is 1.91. The number of carbonyl (C=O) groups is 1. The van der Waals surface area contributed by atoms with E-state index in [0.717, 1.165) is 18.4 Å². The molecule has 4 heteroatoms. The van der Waals surface area contributed by atoms with Crippen LogP contribution in [0.2, 0.25) is 0 Å². The molecule has 1 aromatic carbocycles. The van der Waals surface area contributed by atoms with Crippen LogP contribution >= 0.6 is 0 Å². The van der Waals surface area contributed by atoms with Crippen molar-refractivity contribution < 1.29 is 9.53 Å². The Labute approximate surface area is 127 Å². The van der Waals surface area contributed by atoms with Gasteiger partial charge in [-0.2, -0.15) is 0 Å². The summed E-state index contributed by atoms with van der Waals surface area (Å²) in [4.78, 5) is 14.6. The van der Waals surface area contributed by atoms with Gasteiger partial charge in [0.1, 0.15) is 0 Å². The number of methoxy groups -OCH3 is 1. The van der Waals surface area contributed by atoms with Crippen molar-refractivity contribution in [2.75, 3.05) is 20.2 Å². The maximum Gasteiger partial charge on any atom is 0.254 e. The first-order chi connectivity index (χ1) is 10.1. The van der Waals surface area contributed by atoms with E-state index in [1.807, 2.05) is 29.2 Å². The molecule has 2 rings (SSSR count). The van der Waals surface area contributed by atoms with Gasteiger partial charge in [-0.15, -0.1) is 0 Å². The van der Waals surface area contributed by atoms with Crippen LogP contribution in [0, 0.1) is 0 Å². The van der Waals surface area contributed by atoms with Crippen LogP contribution in [0.1, 0.15) is 48.5 Å². The molecule has 1 heterocycles. The third kappa shape index (κ3) is 3.63. The van der Waals surface area contributed by atoms with Crippen LogP contribution in [0.4, 0.5) is 0 Å². The zero-order valence-corrected chi connectivity index (χ0v) is 13.2. The molecule has 0 bridgehead atoms. The molecule has 1 aliphatic heterocycles. The maximum atomic E-state index is 12.7. The molecule has 1 aromatic rings. The van der Waals surface area contributed by atoms with E-state index in [-0.39, 0.29) is 18.1 Å². The minimum absolute atomic E-state index is 0.0703. The van der Waals surface area contributed by atoms with Gasteiger partial charge in [0.15, 0.2) is 0 Å². The summed E-state index contributed by atoms with van der Waals surface area (Å²) in [6, 6.07) is 8.00. The fourth-order valence-corrected chi connectivity index (χ4v) is 2.90. The van der Waals surface area contributed by atoms with E-state index >= 15 is 0 Å². The molecular formula is C17H26N2O2. The molecule has 0 spiro atoms. The quantitative estimate of drug-likeness (QED) is 0.926. The van der Waals surface area contributed by atoms with E-state index in [9.17, 15) is 4.79 Å². The highest BCUT2D eigenvalue weighted by molar-refractivity contribution is 5.94. The Hall–Kier alpha value is -1.39. The van der Waals surface area contributed by atoms with E-state index < -0.39 is 0 Å². The van der Waals surface area contributed by atoms with Crippen molar-refractivity contribution in [1.29, 1.82) is 0 Å². The highest BCUT2D eigenvalue weighted by atomic mass is 16.5. The SMILES string of the molecule is COC1CCN(C(=O)c2ccc(C(C)C)cc2)C(CN)C1. The molecule has 1 amide bonds. The van der Waals surface area contributed by atoms with Crippen LogP contribution in [0.5, 0.6) is 0 Å². The number of amides is 1. The Balaban J connectivity index is 2.11. The zero-order chi connectivity index (χ0) is 15.4. The minimum atomic E-state index is 0.0703. The molecule has 1 aliphatic rings. The molecule has 4 nitrogen and oxygen atoms in total. The lowest BCUT2D eigenvalue weighted by atomic mass is 9.97. The van der Waals surface area contributed by atoms with Crippen molar-refractivity contribution >= 4 is 5.91 Å². The number of likely N-dealkylation sites (tertiary alicyclic amines) is 1. The van der Waals surface area contributed by atoms with Crippen LogP contribution < -0.4 is 5.73 Å². The normalized spacial score (nSPS) is 22.6. The summed E-state index contributed by atoms with van der Waals surface area (Å²) in [5.74, 6) is 0.554. The Morgan fingerprint density at radius 3 is 2.57 bits per heavy atom. The van der Waals surface area contributed by atoms with E-state index in [1.165, 1.54) is 5.56 Å². The van der Waals surface area contributed by atoms with Crippen LogP contribution in [0.3, 0.4) is 0 Å². The first-order valence-electron chi connectivity index (χ1n) is 7.70. The molecule has 2 atom stereocenters. The van der Waals surface area contributed by atoms with Gasteiger partial charge in [0.25, 0.3) is 5.91 Å². The molecule has 116 valence electrons. The number of ether oxygens (including phenoxy) is 1. The number of nitrogens with zero attached hydrogens (tertiary/aromatic N) is 1. The highest BCUT2D eigenvalue weighted by Crippen LogP contribution is 2.22. The zero-order valence-electron chi connectivity index (χ0n) is 13.2. The van der Waals surface area contributed by atoms with Crippen molar-refractivity contribution in [3.63, 3.8) is 0 Å². The van der Waals surface area contributed by atoms with Gasteiger partial charge < -0.3 is 15.4 Å². The third-order valence-corrected chi connectivity index (χ3v) is 4.36. The largest absolute Gasteiger partial charge is 0.381 e. The van der Waals surface area contributed by atoms with Gasteiger partial charge in [-0.05, 0) is 36.5 Å². The Kier molecular flexibility index (Phi) is 5.37. The molecule has 2 N–H and O–H groups in total. The average Bonchev–Trinajstić information content (AvgIpc) is 2.53. The Bertz CT molecular complexity index is 470. The van der Waals surface area contributed by atoms with Crippen LogP contribution in [-0.4, -0.2) is 43.2 Å². The lowest BCUT2D eigenvalue weighted by molar-refractivity contribution is 0.0139. The number of rotatable bonds is 4. The van der Waals surface area contributed by atoms with Crippen molar-refractivity contribution in [1.82, 2.24) is 4.90 Å². The van der Waals surface area contributed by atoms with E-state index in [0.29, 0.717) is 19.0 Å². The minimum Gasteiger partial charge on any atom is -0.381 e.